The van der Waals surface area contributed by atoms with Crippen molar-refractivity contribution in [2.24, 2.45) is 0 Å². The summed E-state index contributed by atoms with van der Waals surface area (Å²) in [5.74, 6) is 0. The van der Waals surface area contributed by atoms with Gasteiger partial charge in [-0.2, -0.15) is 0 Å². The number of hydrogen-bond acceptors (Lipinski definition) is 1. The molecule has 0 saturated heterocycles. The van der Waals surface area contributed by atoms with E-state index in [1.54, 1.807) is 0 Å². The molecule has 0 aromatic rings. The third-order valence-electron chi connectivity index (χ3n) is 0.364. The fraction of sp³-hybridized carbons (Fsp3) is 0.600. The summed E-state index contributed by atoms with van der Waals surface area (Å²) in [7, 11) is 0. The molecule has 0 unspecified atom stereocenters. The first-order valence-electron chi connectivity index (χ1n) is 2.14. The van der Waals surface area contributed by atoms with Crippen LogP contribution in [-0.2, 0) is 4.74 Å². The van der Waals surface area contributed by atoms with Crippen molar-refractivity contribution in [1.29, 1.82) is 0 Å². The average molecular weight is 212 g/mol. The SMILES string of the molecule is C=C(I)OC(C)C. The van der Waals surface area contributed by atoms with Gasteiger partial charge in [-0.3, -0.25) is 0 Å². The first kappa shape index (κ1) is 7.27. The first-order valence-corrected chi connectivity index (χ1v) is 3.22. The highest BCUT2D eigenvalue weighted by molar-refractivity contribution is 14.1. The maximum Gasteiger partial charge on any atom is 0.149 e. The molecule has 0 N–H and O–H groups in total. The van der Waals surface area contributed by atoms with Crippen LogP contribution in [-0.4, -0.2) is 6.10 Å². The van der Waals surface area contributed by atoms with E-state index in [1.165, 1.54) is 0 Å². The van der Waals surface area contributed by atoms with Crippen molar-refractivity contribution in [3.05, 3.63) is 10.3 Å². The van der Waals surface area contributed by atoms with Crippen molar-refractivity contribution < 1.29 is 4.74 Å². The van der Waals surface area contributed by atoms with Crippen LogP contribution in [0.15, 0.2) is 10.3 Å². The molecule has 0 aromatic heterocycles. The largest absolute Gasteiger partial charge is 0.486 e. The van der Waals surface area contributed by atoms with Gasteiger partial charge >= 0.3 is 0 Å². The Hall–Kier alpha value is 0.270. The third-order valence-corrected chi connectivity index (χ3v) is 0.618. The monoisotopic (exact) mass is 212 g/mol. The van der Waals surface area contributed by atoms with Gasteiger partial charge in [0, 0.05) is 0 Å². The molecule has 0 aromatic carbocycles. The first-order chi connectivity index (χ1) is 3.13. The van der Waals surface area contributed by atoms with E-state index in [0.717, 1.165) is 3.77 Å². The summed E-state index contributed by atoms with van der Waals surface area (Å²) in [6, 6.07) is 0. The summed E-state index contributed by atoms with van der Waals surface area (Å²) in [5, 5.41) is 0. The van der Waals surface area contributed by atoms with E-state index in [4.69, 9.17) is 4.74 Å². The molecule has 0 fully saturated rings. The Bertz CT molecular complexity index is 68.5. The van der Waals surface area contributed by atoms with Crippen LogP contribution in [0.5, 0.6) is 0 Å². The number of halogens is 1. The second-order valence-electron chi connectivity index (χ2n) is 1.52. The van der Waals surface area contributed by atoms with Gasteiger partial charge < -0.3 is 4.74 Å². The predicted octanol–water partition coefficient (Wildman–Crippen LogP) is 2.32. The number of rotatable bonds is 2. The molecule has 0 atom stereocenters. The van der Waals surface area contributed by atoms with Crippen LogP contribution >= 0.6 is 22.6 Å². The van der Waals surface area contributed by atoms with Gasteiger partial charge in [0.25, 0.3) is 0 Å². The lowest BCUT2D eigenvalue weighted by Gasteiger charge is -2.04. The van der Waals surface area contributed by atoms with E-state index in [9.17, 15) is 0 Å². The molecule has 0 radical (unpaired) electrons. The molecule has 1 nitrogen and oxygen atoms in total. The van der Waals surface area contributed by atoms with Crippen molar-refractivity contribution in [3.8, 4) is 0 Å². The number of hydrogen-bond donors (Lipinski definition) is 0. The molecule has 0 aliphatic carbocycles. The maximum atomic E-state index is 5.04. The molecule has 42 valence electrons. The van der Waals surface area contributed by atoms with Crippen LogP contribution in [0.3, 0.4) is 0 Å². The fourth-order valence-electron chi connectivity index (χ4n) is 0.256. The van der Waals surface area contributed by atoms with Crippen LogP contribution in [0.1, 0.15) is 13.8 Å². The second kappa shape index (κ2) is 3.29. The molecule has 0 rings (SSSR count). The van der Waals surface area contributed by atoms with Gasteiger partial charge in [0.05, 0.1) is 6.10 Å². The van der Waals surface area contributed by atoms with E-state index in [2.05, 4.69) is 6.58 Å². The quantitative estimate of drug-likeness (QED) is 0.504. The Morgan fingerprint density at radius 2 is 2.14 bits per heavy atom. The smallest absolute Gasteiger partial charge is 0.149 e. The van der Waals surface area contributed by atoms with Crippen LogP contribution in [0.2, 0.25) is 0 Å². The molecule has 0 heterocycles. The average Bonchev–Trinajstić information content (AvgIpc) is 1.27. The molecule has 0 bridgehead atoms. The van der Waals surface area contributed by atoms with Crippen LogP contribution in [0.4, 0.5) is 0 Å². The zero-order valence-corrected chi connectivity index (χ0v) is 6.73. The fourth-order valence-corrected chi connectivity index (χ4v) is 0.764. The minimum atomic E-state index is 0.268. The van der Waals surface area contributed by atoms with E-state index < -0.39 is 0 Å². The van der Waals surface area contributed by atoms with Gasteiger partial charge in [0.2, 0.25) is 0 Å². The van der Waals surface area contributed by atoms with E-state index in [-0.39, 0.29) is 6.10 Å². The van der Waals surface area contributed by atoms with Gasteiger partial charge in [-0.1, -0.05) is 6.58 Å². The molecular formula is C5H9IO. The Kier molecular flexibility index (Phi) is 3.42. The van der Waals surface area contributed by atoms with Crippen LogP contribution in [0, 0.1) is 0 Å². The standard InChI is InChI=1S/C5H9IO/c1-4(2)7-5(3)6/h4H,3H2,1-2H3. The minimum absolute atomic E-state index is 0.268. The Morgan fingerprint density at radius 1 is 1.71 bits per heavy atom. The van der Waals surface area contributed by atoms with Gasteiger partial charge in [-0.05, 0) is 36.4 Å². The molecule has 0 saturated carbocycles. The third kappa shape index (κ3) is 6.27. The lowest BCUT2D eigenvalue weighted by Crippen LogP contribution is -1.96. The zero-order chi connectivity index (χ0) is 5.86. The zero-order valence-electron chi connectivity index (χ0n) is 4.57. The summed E-state index contributed by atoms with van der Waals surface area (Å²) >= 11 is 2.04. The highest BCUT2D eigenvalue weighted by atomic mass is 127. The Balaban J connectivity index is 3.13. The van der Waals surface area contributed by atoms with Crippen LogP contribution < -0.4 is 0 Å². The highest BCUT2D eigenvalue weighted by Gasteiger charge is 1.89. The van der Waals surface area contributed by atoms with E-state index in [0.29, 0.717) is 0 Å². The number of ether oxygens (including phenoxy) is 1. The van der Waals surface area contributed by atoms with Crippen molar-refractivity contribution in [2.75, 3.05) is 0 Å². The van der Waals surface area contributed by atoms with Gasteiger partial charge in [0.15, 0.2) is 0 Å². The maximum absolute atomic E-state index is 5.04. The summed E-state index contributed by atoms with van der Waals surface area (Å²) in [5.41, 5.74) is 0. The minimum Gasteiger partial charge on any atom is -0.486 e. The summed E-state index contributed by atoms with van der Waals surface area (Å²) < 4.78 is 5.80. The predicted molar refractivity (Wildman–Crippen MR) is 39.4 cm³/mol. The van der Waals surface area contributed by atoms with E-state index in [1.807, 2.05) is 36.4 Å². The molecule has 0 aliphatic rings. The van der Waals surface area contributed by atoms with Crippen molar-refractivity contribution >= 4 is 22.6 Å². The highest BCUT2D eigenvalue weighted by Crippen LogP contribution is 2.05. The van der Waals surface area contributed by atoms with Gasteiger partial charge in [0.1, 0.15) is 3.77 Å². The molecule has 2 heteroatoms. The normalized spacial score (nSPS) is 9.14. The lowest BCUT2D eigenvalue weighted by molar-refractivity contribution is 0.176. The topological polar surface area (TPSA) is 9.23 Å². The van der Waals surface area contributed by atoms with Crippen molar-refractivity contribution in [2.45, 2.75) is 20.0 Å². The molecule has 7 heavy (non-hydrogen) atoms. The van der Waals surface area contributed by atoms with E-state index >= 15 is 0 Å². The second-order valence-corrected chi connectivity index (χ2v) is 2.72. The summed E-state index contributed by atoms with van der Waals surface area (Å²) in [4.78, 5) is 0. The lowest BCUT2D eigenvalue weighted by atomic mass is 10.5. The van der Waals surface area contributed by atoms with Crippen molar-refractivity contribution in [1.82, 2.24) is 0 Å². The molecule has 0 spiro atoms. The molecular weight excluding hydrogens is 203 g/mol. The van der Waals surface area contributed by atoms with Crippen molar-refractivity contribution in [3.63, 3.8) is 0 Å². The van der Waals surface area contributed by atoms with Gasteiger partial charge in [-0.15, -0.1) is 0 Å². The van der Waals surface area contributed by atoms with Crippen LogP contribution in [0.25, 0.3) is 0 Å². The molecule has 0 aliphatic heterocycles. The Labute approximate surface area is 57.9 Å². The molecule has 0 amide bonds. The Morgan fingerprint density at radius 3 is 2.14 bits per heavy atom. The summed E-state index contributed by atoms with van der Waals surface area (Å²) in [6.45, 7) is 7.51. The summed E-state index contributed by atoms with van der Waals surface area (Å²) in [6.07, 6.45) is 0.268. The van der Waals surface area contributed by atoms with Gasteiger partial charge in [-0.25, -0.2) is 0 Å².